The number of hydrogen-bond donors (Lipinski definition) is 0. The lowest BCUT2D eigenvalue weighted by Gasteiger charge is -2.09. The minimum Gasteiger partial charge on any atom is -0.497 e. The van der Waals surface area contributed by atoms with Crippen LogP contribution in [0.25, 0.3) is 6.08 Å². The Bertz CT molecular complexity index is 514. The monoisotopic (exact) mass is 288 g/mol. The van der Waals surface area contributed by atoms with E-state index in [0.29, 0.717) is 13.2 Å². The van der Waals surface area contributed by atoms with Crippen LogP contribution >= 0.6 is 0 Å². The van der Waals surface area contributed by atoms with Gasteiger partial charge in [0.25, 0.3) is 0 Å². The molecule has 0 fully saturated rings. The Balaban J connectivity index is 2.61. The van der Waals surface area contributed by atoms with Crippen molar-refractivity contribution in [2.45, 2.75) is 20.1 Å². The van der Waals surface area contributed by atoms with Crippen molar-refractivity contribution in [1.82, 2.24) is 0 Å². The molecule has 0 aliphatic heterocycles. The van der Waals surface area contributed by atoms with Gasteiger partial charge in [0, 0.05) is 13.2 Å². The second-order valence-corrected chi connectivity index (χ2v) is 3.98. The van der Waals surface area contributed by atoms with E-state index in [0.717, 1.165) is 11.3 Å². The fraction of sp³-hybridized carbons (Fsp3) is 0.353. The predicted octanol–water partition coefficient (Wildman–Crippen LogP) is 2.68. The standard InChI is InChI=1S/C17H20O4/c1-4-20-17(21-5-2)13-10-15(18)9-6-14-7-11-16(19-3)12-8-14/h6-9,11-12,17H,4-5H2,1-3H3. The summed E-state index contributed by atoms with van der Waals surface area (Å²) in [6.45, 7) is 4.66. The van der Waals surface area contributed by atoms with Gasteiger partial charge in [-0.2, -0.15) is 0 Å². The van der Waals surface area contributed by atoms with Gasteiger partial charge >= 0.3 is 0 Å². The largest absolute Gasteiger partial charge is 0.497 e. The molecular weight excluding hydrogens is 268 g/mol. The van der Waals surface area contributed by atoms with Crippen molar-refractivity contribution >= 4 is 11.9 Å². The molecular formula is C17H20O4. The van der Waals surface area contributed by atoms with Crippen molar-refractivity contribution < 1.29 is 19.0 Å². The molecule has 0 spiro atoms. The number of carbonyl (C=O) groups excluding carboxylic acids is 1. The summed E-state index contributed by atoms with van der Waals surface area (Å²) in [7, 11) is 1.61. The smallest absolute Gasteiger partial charge is 0.228 e. The molecule has 0 aromatic heterocycles. The molecule has 4 nitrogen and oxygen atoms in total. The second kappa shape index (κ2) is 9.76. The van der Waals surface area contributed by atoms with Gasteiger partial charge in [-0.3, -0.25) is 4.79 Å². The number of rotatable bonds is 7. The predicted molar refractivity (Wildman–Crippen MR) is 81.9 cm³/mol. The quantitative estimate of drug-likeness (QED) is 0.335. The number of benzene rings is 1. The van der Waals surface area contributed by atoms with E-state index in [9.17, 15) is 4.79 Å². The minimum absolute atomic E-state index is 0.296. The lowest BCUT2D eigenvalue weighted by Crippen LogP contribution is -2.15. The van der Waals surface area contributed by atoms with Crippen molar-refractivity contribution in [3.63, 3.8) is 0 Å². The highest BCUT2D eigenvalue weighted by molar-refractivity contribution is 6.06. The molecule has 4 heteroatoms. The van der Waals surface area contributed by atoms with Crippen molar-refractivity contribution in [3.05, 3.63) is 35.9 Å². The Labute approximate surface area is 125 Å². The number of methoxy groups -OCH3 is 1. The molecule has 0 aliphatic rings. The average Bonchev–Trinajstić information content (AvgIpc) is 2.51. The lowest BCUT2D eigenvalue weighted by atomic mass is 10.2. The highest BCUT2D eigenvalue weighted by Crippen LogP contribution is 2.12. The number of hydrogen-bond acceptors (Lipinski definition) is 4. The van der Waals surface area contributed by atoms with E-state index < -0.39 is 6.29 Å². The maximum absolute atomic E-state index is 11.7. The van der Waals surface area contributed by atoms with Crippen LogP contribution < -0.4 is 4.74 Å². The van der Waals surface area contributed by atoms with Crippen LogP contribution in [0.2, 0.25) is 0 Å². The molecule has 0 amide bonds. The van der Waals surface area contributed by atoms with Gasteiger partial charge in [0.1, 0.15) is 5.75 Å². The first kappa shape index (κ1) is 17.0. The van der Waals surface area contributed by atoms with Crippen LogP contribution in [0, 0.1) is 11.8 Å². The Morgan fingerprint density at radius 1 is 1.19 bits per heavy atom. The molecule has 0 atom stereocenters. The van der Waals surface area contributed by atoms with Gasteiger partial charge in [0.2, 0.25) is 12.1 Å². The van der Waals surface area contributed by atoms with Crippen LogP contribution in [-0.4, -0.2) is 32.4 Å². The maximum Gasteiger partial charge on any atom is 0.228 e. The fourth-order valence-electron chi connectivity index (χ4n) is 1.49. The molecule has 0 unspecified atom stereocenters. The molecule has 0 saturated carbocycles. The molecule has 1 rings (SSSR count). The molecule has 112 valence electrons. The highest BCUT2D eigenvalue weighted by atomic mass is 16.7. The zero-order chi connectivity index (χ0) is 15.5. The molecule has 0 bridgehead atoms. The summed E-state index contributed by atoms with van der Waals surface area (Å²) >= 11 is 0. The van der Waals surface area contributed by atoms with E-state index in [4.69, 9.17) is 14.2 Å². The number of allylic oxidation sites excluding steroid dienone is 1. The third kappa shape index (κ3) is 6.75. The van der Waals surface area contributed by atoms with Gasteiger partial charge in [0.05, 0.1) is 7.11 Å². The van der Waals surface area contributed by atoms with E-state index in [2.05, 4.69) is 11.8 Å². The second-order valence-electron chi connectivity index (χ2n) is 3.98. The fourth-order valence-corrected chi connectivity index (χ4v) is 1.49. The highest BCUT2D eigenvalue weighted by Gasteiger charge is 2.02. The first-order chi connectivity index (χ1) is 10.2. The summed E-state index contributed by atoms with van der Waals surface area (Å²) in [6.07, 6.45) is 2.47. The molecule has 0 heterocycles. The van der Waals surface area contributed by atoms with Crippen molar-refractivity contribution in [1.29, 1.82) is 0 Å². The van der Waals surface area contributed by atoms with Crippen LogP contribution in [0.5, 0.6) is 5.75 Å². The van der Waals surface area contributed by atoms with Crippen LogP contribution in [0.4, 0.5) is 0 Å². The summed E-state index contributed by atoms with van der Waals surface area (Å²) in [6, 6.07) is 7.38. The van der Waals surface area contributed by atoms with E-state index >= 15 is 0 Å². The van der Waals surface area contributed by atoms with Gasteiger partial charge in [-0.05, 0) is 49.5 Å². The topological polar surface area (TPSA) is 44.8 Å². The third-order valence-electron chi connectivity index (χ3n) is 2.49. The first-order valence-corrected chi connectivity index (χ1v) is 6.80. The third-order valence-corrected chi connectivity index (χ3v) is 2.49. The van der Waals surface area contributed by atoms with Crippen LogP contribution in [-0.2, 0) is 14.3 Å². The molecule has 0 saturated heterocycles. The normalized spacial score (nSPS) is 10.5. The van der Waals surface area contributed by atoms with Gasteiger partial charge < -0.3 is 14.2 Å². The molecule has 0 radical (unpaired) electrons. The Morgan fingerprint density at radius 2 is 1.81 bits per heavy atom. The Morgan fingerprint density at radius 3 is 2.33 bits per heavy atom. The lowest BCUT2D eigenvalue weighted by molar-refractivity contribution is -0.110. The molecule has 1 aromatic rings. The van der Waals surface area contributed by atoms with E-state index in [-0.39, 0.29) is 5.78 Å². The van der Waals surface area contributed by atoms with Gasteiger partial charge in [0.15, 0.2) is 0 Å². The van der Waals surface area contributed by atoms with Crippen molar-refractivity contribution in [3.8, 4) is 17.6 Å². The first-order valence-electron chi connectivity index (χ1n) is 6.80. The summed E-state index contributed by atoms with van der Waals surface area (Å²) in [5, 5.41) is 0. The summed E-state index contributed by atoms with van der Waals surface area (Å²) < 4.78 is 15.5. The van der Waals surface area contributed by atoms with Gasteiger partial charge in [-0.1, -0.05) is 18.2 Å². The van der Waals surface area contributed by atoms with Crippen molar-refractivity contribution in [2.75, 3.05) is 20.3 Å². The molecule has 1 aromatic carbocycles. The van der Waals surface area contributed by atoms with E-state index in [1.165, 1.54) is 6.08 Å². The van der Waals surface area contributed by atoms with Gasteiger partial charge in [-0.15, -0.1) is 0 Å². The zero-order valence-corrected chi connectivity index (χ0v) is 12.6. The molecule has 0 N–H and O–H groups in total. The Hall–Kier alpha value is -2.09. The van der Waals surface area contributed by atoms with Crippen LogP contribution in [0.1, 0.15) is 19.4 Å². The zero-order valence-electron chi connectivity index (χ0n) is 12.6. The molecule has 21 heavy (non-hydrogen) atoms. The van der Waals surface area contributed by atoms with E-state index in [1.54, 1.807) is 13.2 Å². The number of ketones is 1. The van der Waals surface area contributed by atoms with Crippen molar-refractivity contribution in [2.24, 2.45) is 0 Å². The summed E-state index contributed by atoms with van der Waals surface area (Å²) in [5.41, 5.74) is 0.900. The van der Waals surface area contributed by atoms with Crippen LogP contribution in [0.15, 0.2) is 30.3 Å². The summed E-state index contributed by atoms with van der Waals surface area (Å²) in [4.78, 5) is 11.7. The summed E-state index contributed by atoms with van der Waals surface area (Å²) in [5.74, 6) is 5.63. The Kier molecular flexibility index (Phi) is 7.88. The van der Waals surface area contributed by atoms with E-state index in [1.807, 2.05) is 38.1 Å². The number of ether oxygens (including phenoxy) is 3. The minimum atomic E-state index is -0.654. The molecule has 0 aliphatic carbocycles. The SMILES string of the molecule is CCOC(C#CC(=O)C=Cc1ccc(OC)cc1)OCC. The number of carbonyl (C=O) groups is 1. The maximum atomic E-state index is 11.7. The van der Waals surface area contributed by atoms with Gasteiger partial charge in [-0.25, -0.2) is 0 Å². The van der Waals surface area contributed by atoms with Crippen LogP contribution in [0.3, 0.4) is 0 Å². The average molecular weight is 288 g/mol.